The quantitative estimate of drug-likeness (QED) is 0.596. The zero-order chi connectivity index (χ0) is 16.1. The van der Waals surface area contributed by atoms with Gasteiger partial charge in [0.15, 0.2) is 0 Å². The molecule has 0 heterocycles. The number of hydrogen-bond donors (Lipinski definition) is 3. The van der Waals surface area contributed by atoms with Crippen LogP contribution in [0.5, 0.6) is 5.75 Å². The third-order valence-corrected chi connectivity index (χ3v) is 4.40. The average molecular weight is 318 g/mol. The summed E-state index contributed by atoms with van der Waals surface area (Å²) in [5.41, 5.74) is 4.73. The molecule has 4 N–H and O–H groups in total. The summed E-state index contributed by atoms with van der Waals surface area (Å²) in [7, 11) is -0.789. The first-order valence-corrected chi connectivity index (χ1v) is 7.85. The minimum Gasteiger partial charge on any atom is -0.495 e. The molecule has 1 aromatic carbocycles. The molecule has 7 nitrogen and oxygen atoms in total. The number of sulfonamides is 1. The van der Waals surface area contributed by atoms with Crippen molar-refractivity contribution in [2.75, 3.05) is 33.1 Å². The maximum Gasteiger partial charge on any atom is 0.240 e. The van der Waals surface area contributed by atoms with Crippen LogP contribution in [-0.2, 0) is 14.8 Å². The molecule has 0 saturated heterocycles. The number of ether oxygens (including phenoxy) is 2. The van der Waals surface area contributed by atoms with Crippen LogP contribution in [0.3, 0.4) is 0 Å². The van der Waals surface area contributed by atoms with Crippen molar-refractivity contribution in [3.63, 3.8) is 0 Å². The molecular weight excluding hydrogens is 296 g/mol. The Morgan fingerprint density at radius 3 is 2.57 bits per heavy atom. The summed E-state index contributed by atoms with van der Waals surface area (Å²) in [5, 5.41) is 10.0. The Morgan fingerprint density at radius 1 is 1.38 bits per heavy atom. The van der Waals surface area contributed by atoms with E-state index in [1.54, 1.807) is 0 Å². The number of hydrogen-bond acceptors (Lipinski definition) is 6. The standard InChI is InChI=1S/C13H22N2O5S/c1-13(16,6-7-19-2)9-15-21(17,18)10-4-5-12(20-3)11(14)8-10/h4-5,8,15-16H,6-7,9,14H2,1-3H3. The molecule has 1 aromatic rings. The minimum absolute atomic E-state index is 0.0170. The number of aliphatic hydroxyl groups is 1. The Morgan fingerprint density at radius 2 is 2.05 bits per heavy atom. The van der Waals surface area contributed by atoms with Crippen molar-refractivity contribution in [3.05, 3.63) is 18.2 Å². The van der Waals surface area contributed by atoms with Gasteiger partial charge in [0.05, 0.1) is 23.3 Å². The highest BCUT2D eigenvalue weighted by Crippen LogP contribution is 2.24. The summed E-state index contributed by atoms with van der Waals surface area (Å²) in [5.74, 6) is 0.404. The molecule has 0 fully saturated rings. The van der Waals surface area contributed by atoms with E-state index in [0.29, 0.717) is 18.8 Å². The monoisotopic (exact) mass is 318 g/mol. The molecule has 1 rings (SSSR count). The van der Waals surface area contributed by atoms with Crippen LogP contribution in [0.25, 0.3) is 0 Å². The Hall–Kier alpha value is -1.35. The molecule has 1 atom stereocenters. The molecule has 0 aliphatic heterocycles. The van der Waals surface area contributed by atoms with Gasteiger partial charge < -0.3 is 20.3 Å². The van der Waals surface area contributed by atoms with Gasteiger partial charge in [-0.25, -0.2) is 13.1 Å². The van der Waals surface area contributed by atoms with Gasteiger partial charge in [-0.3, -0.25) is 0 Å². The predicted octanol–water partition coefficient (Wildman–Crippen LogP) is 0.343. The Bertz CT molecular complexity index is 572. The Kier molecular flexibility index (Phi) is 5.97. The number of anilines is 1. The third-order valence-electron chi connectivity index (χ3n) is 3.00. The van der Waals surface area contributed by atoms with E-state index in [1.807, 2.05) is 0 Å². The van der Waals surface area contributed by atoms with Crippen molar-refractivity contribution in [2.45, 2.75) is 23.8 Å². The lowest BCUT2D eigenvalue weighted by molar-refractivity contribution is 0.0292. The van der Waals surface area contributed by atoms with Crippen LogP contribution in [0.2, 0.25) is 0 Å². The topological polar surface area (TPSA) is 111 Å². The van der Waals surface area contributed by atoms with Gasteiger partial charge in [-0.2, -0.15) is 0 Å². The van der Waals surface area contributed by atoms with Crippen molar-refractivity contribution < 1.29 is 23.0 Å². The number of rotatable bonds is 8. The maximum absolute atomic E-state index is 12.2. The number of nitrogens with one attached hydrogen (secondary N) is 1. The van der Waals surface area contributed by atoms with Gasteiger partial charge in [-0.15, -0.1) is 0 Å². The highest BCUT2D eigenvalue weighted by Gasteiger charge is 2.24. The van der Waals surface area contributed by atoms with Crippen molar-refractivity contribution in [2.24, 2.45) is 0 Å². The molecule has 120 valence electrons. The Labute approximate surface area is 125 Å². The van der Waals surface area contributed by atoms with E-state index in [9.17, 15) is 13.5 Å². The normalized spacial score (nSPS) is 14.7. The van der Waals surface area contributed by atoms with Crippen molar-refractivity contribution >= 4 is 15.7 Å². The van der Waals surface area contributed by atoms with E-state index in [-0.39, 0.29) is 17.1 Å². The smallest absolute Gasteiger partial charge is 0.240 e. The average Bonchev–Trinajstić information content (AvgIpc) is 2.43. The molecule has 0 bridgehead atoms. The lowest BCUT2D eigenvalue weighted by Crippen LogP contribution is -2.41. The van der Waals surface area contributed by atoms with Gasteiger partial charge in [0.2, 0.25) is 10.0 Å². The fourth-order valence-corrected chi connectivity index (χ4v) is 2.82. The van der Waals surface area contributed by atoms with Gasteiger partial charge in [0.25, 0.3) is 0 Å². The molecule has 0 saturated carbocycles. The molecule has 0 radical (unpaired) electrons. The van der Waals surface area contributed by atoms with E-state index >= 15 is 0 Å². The number of methoxy groups -OCH3 is 2. The molecule has 0 amide bonds. The molecule has 0 aliphatic carbocycles. The Balaban J connectivity index is 2.80. The highest BCUT2D eigenvalue weighted by atomic mass is 32.2. The fraction of sp³-hybridized carbons (Fsp3) is 0.538. The van der Waals surface area contributed by atoms with Gasteiger partial charge >= 0.3 is 0 Å². The van der Waals surface area contributed by atoms with Gasteiger partial charge in [0, 0.05) is 26.7 Å². The van der Waals surface area contributed by atoms with Crippen LogP contribution in [0.4, 0.5) is 5.69 Å². The van der Waals surface area contributed by atoms with Crippen LogP contribution in [0, 0.1) is 0 Å². The van der Waals surface area contributed by atoms with Crippen LogP contribution in [0.15, 0.2) is 23.1 Å². The molecule has 0 aromatic heterocycles. The van der Waals surface area contributed by atoms with Crippen molar-refractivity contribution in [1.82, 2.24) is 4.72 Å². The number of nitrogen functional groups attached to an aromatic ring is 1. The van der Waals surface area contributed by atoms with Crippen molar-refractivity contribution in [1.29, 1.82) is 0 Å². The summed E-state index contributed by atoms with van der Waals surface area (Å²) in [4.78, 5) is 0.0170. The molecular formula is C13H22N2O5S. The summed E-state index contributed by atoms with van der Waals surface area (Å²) >= 11 is 0. The minimum atomic E-state index is -3.75. The first-order valence-electron chi connectivity index (χ1n) is 6.36. The molecule has 0 spiro atoms. The SMILES string of the molecule is COCCC(C)(O)CNS(=O)(=O)c1ccc(OC)c(N)c1. The van der Waals surface area contributed by atoms with Crippen molar-refractivity contribution in [3.8, 4) is 5.75 Å². The van der Waals surface area contributed by atoms with Crippen LogP contribution < -0.4 is 15.2 Å². The summed E-state index contributed by atoms with van der Waals surface area (Å²) in [6, 6.07) is 4.18. The van der Waals surface area contributed by atoms with E-state index in [1.165, 1.54) is 39.3 Å². The second-order valence-corrected chi connectivity index (χ2v) is 6.74. The highest BCUT2D eigenvalue weighted by molar-refractivity contribution is 7.89. The zero-order valence-corrected chi connectivity index (χ0v) is 13.2. The van der Waals surface area contributed by atoms with E-state index in [2.05, 4.69) is 4.72 Å². The second-order valence-electron chi connectivity index (χ2n) is 4.97. The molecule has 8 heteroatoms. The second kappa shape index (κ2) is 7.08. The molecule has 1 unspecified atom stereocenters. The first-order chi connectivity index (χ1) is 9.72. The lowest BCUT2D eigenvalue weighted by atomic mass is 10.0. The fourth-order valence-electron chi connectivity index (χ4n) is 1.62. The first kappa shape index (κ1) is 17.7. The molecule has 0 aliphatic rings. The van der Waals surface area contributed by atoms with E-state index in [0.717, 1.165) is 0 Å². The molecule has 21 heavy (non-hydrogen) atoms. The van der Waals surface area contributed by atoms with Crippen LogP contribution >= 0.6 is 0 Å². The van der Waals surface area contributed by atoms with Gasteiger partial charge in [0.1, 0.15) is 5.75 Å². The number of benzene rings is 1. The van der Waals surface area contributed by atoms with Gasteiger partial charge in [-0.05, 0) is 25.1 Å². The zero-order valence-electron chi connectivity index (χ0n) is 12.4. The largest absolute Gasteiger partial charge is 0.495 e. The summed E-state index contributed by atoms with van der Waals surface area (Å²) < 4.78 is 36.5. The van der Waals surface area contributed by atoms with Crippen LogP contribution in [0.1, 0.15) is 13.3 Å². The maximum atomic E-state index is 12.2. The van der Waals surface area contributed by atoms with E-state index < -0.39 is 15.6 Å². The predicted molar refractivity (Wildman–Crippen MR) is 79.7 cm³/mol. The van der Waals surface area contributed by atoms with Gasteiger partial charge in [-0.1, -0.05) is 0 Å². The summed E-state index contributed by atoms with van der Waals surface area (Å²) in [6.45, 7) is 1.76. The lowest BCUT2D eigenvalue weighted by Gasteiger charge is -2.23. The van der Waals surface area contributed by atoms with E-state index in [4.69, 9.17) is 15.2 Å². The summed E-state index contributed by atoms with van der Waals surface area (Å²) in [6.07, 6.45) is 0.316. The van der Waals surface area contributed by atoms with Crippen LogP contribution in [-0.4, -0.2) is 46.5 Å². The number of nitrogens with two attached hydrogens (primary N) is 1. The third kappa shape index (κ3) is 5.16.